The molecule has 0 saturated heterocycles. The van der Waals surface area contributed by atoms with Crippen LogP contribution < -0.4 is 4.72 Å². The fraction of sp³-hybridized carbons (Fsp3) is 0.154. The molecule has 0 bridgehead atoms. The Bertz CT molecular complexity index is 733. The average molecular weight is 295 g/mol. The molecule has 2 rings (SSSR count). The number of nitrogens with one attached hydrogen (secondary N) is 1. The van der Waals surface area contributed by atoms with Crippen LogP contribution in [0, 0.1) is 0 Å². The molecule has 2 N–H and O–H groups in total. The van der Waals surface area contributed by atoms with Crippen LogP contribution in [0.5, 0.6) is 0 Å². The molecule has 1 aromatic heterocycles. The summed E-state index contributed by atoms with van der Waals surface area (Å²) in [5, 5.41) is 8.30. The Morgan fingerprint density at radius 2 is 1.95 bits per heavy atom. The van der Waals surface area contributed by atoms with Gasteiger partial charge in [-0.25, -0.2) is 4.79 Å². The number of aryl methyl sites for hydroxylation is 1. The van der Waals surface area contributed by atoms with Gasteiger partial charge in [-0.2, -0.15) is 8.42 Å². The van der Waals surface area contributed by atoms with Crippen molar-refractivity contribution in [3.05, 3.63) is 47.7 Å². The molecule has 0 atom stereocenters. The second kappa shape index (κ2) is 5.38. The Balaban J connectivity index is 2.33. The molecule has 2 aromatic rings. The molecule has 0 amide bonds. The highest BCUT2D eigenvalue weighted by Crippen LogP contribution is 2.21. The van der Waals surface area contributed by atoms with Crippen molar-refractivity contribution >= 4 is 21.7 Å². The van der Waals surface area contributed by atoms with Gasteiger partial charge in [-0.05, 0) is 30.2 Å². The fourth-order valence-electron chi connectivity index (χ4n) is 1.70. The Hall–Kier alpha value is -2.28. The van der Waals surface area contributed by atoms with Crippen LogP contribution in [0.2, 0.25) is 0 Å². The highest BCUT2D eigenvalue weighted by Gasteiger charge is 2.21. The molecule has 1 aromatic carbocycles. The number of carboxylic acids is 1. The van der Waals surface area contributed by atoms with Crippen molar-refractivity contribution in [2.24, 2.45) is 0 Å². The molecule has 0 aliphatic heterocycles. The van der Waals surface area contributed by atoms with Crippen LogP contribution in [0.25, 0.3) is 0 Å². The maximum absolute atomic E-state index is 12.1. The van der Waals surface area contributed by atoms with Gasteiger partial charge in [0.05, 0.1) is 5.69 Å². The monoisotopic (exact) mass is 295 g/mol. The number of furan rings is 1. The lowest BCUT2D eigenvalue weighted by Gasteiger charge is -2.09. The van der Waals surface area contributed by atoms with E-state index in [2.05, 4.69) is 4.72 Å². The molecule has 6 nitrogen and oxygen atoms in total. The van der Waals surface area contributed by atoms with Gasteiger partial charge in [0.15, 0.2) is 0 Å². The summed E-state index contributed by atoms with van der Waals surface area (Å²) in [5.74, 6) is -1.74. The molecule has 0 aliphatic carbocycles. The van der Waals surface area contributed by atoms with E-state index in [0.717, 1.165) is 17.7 Å². The number of anilines is 1. The van der Waals surface area contributed by atoms with Gasteiger partial charge in [-0.1, -0.05) is 25.1 Å². The Labute approximate surface area is 116 Å². The van der Waals surface area contributed by atoms with Gasteiger partial charge < -0.3 is 9.52 Å². The van der Waals surface area contributed by atoms with Crippen LogP contribution in [-0.2, 0) is 16.4 Å². The van der Waals surface area contributed by atoms with Gasteiger partial charge in [0, 0.05) is 0 Å². The summed E-state index contributed by atoms with van der Waals surface area (Å²) in [6.07, 6.45) is 0.664. The second-order valence-electron chi connectivity index (χ2n) is 4.04. The zero-order chi connectivity index (χ0) is 14.8. The maximum Gasteiger partial charge on any atom is 0.371 e. The molecule has 0 fully saturated rings. The summed E-state index contributed by atoms with van der Waals surface area (Å²) in [7, 11) is -3.94. The molecule has 0 spiro atoms. The molecular formula is C13H13NO5S. The minimum absolute atomic E-state index is 0.422. The number of para-hydroxylation sites is 1. The predicted octanol–water partition coefficient (Wildman–Crippen LogP) is 2.34. The van der Waals surface area contributed by atoms with Crippen LogP contribution in [-0.4, -0.2) is 19.5 Å². The van der Waals surface area contributed by atoms with Gasteiger partial charge in [-0.15, -0.1) is 0 Å². The quantitative estimate of drug-likeness (QED) is 0.882. The van der Waals surface area contributed by atoms with E-state index in [-0.39, 0.29) is 0 Å². The summed E-state index contributed by atoms with van der Waals surface area (Å²) in [4.78, 5) is 10.7. The van der Waals surface area contributed by atoms with Crippen LogP contribution in [0.1, 0.15) is 23.0 Å². The molecule has 0 unspecified atom stereocenters. The predicted molar refractivity (Wildman–Crippen MR) is 72.3 cm³/mol. The number of hydrogen-bond acceptors (Lipinski definition) is 4. The Morgan fingerprint density at radius 1 is 1.25 bits per heavy atom. The standard InChI is InChI=1S/C13H13NO5S/c1-2-9-5-3-4-6-10(9)14-20(17,18)12-8-7-11(19-12)13(15)16/h3-8,14H,2H2,1H3,(H,15,16). The highest BCUT2D eigenvalue weighted by atomic mass is 32.2. The number of hydrogen-bond donors (Lipinski definition) is 2. The molecule has 0 radical (unpaired) electrons. The molecule has 20 heavy (non-hydrogen) atoms. The molecule has 0 saturated carbocycles. The smallest absolute Gasteiger partial charge is 0.371 e. The minimum Gasteiger partial charge on any atom is -0.475 e. The molecule has 1 heterocycles. The van der Waals surface area contributed by atoms with Gasteiger partial charge in [0.25, 0.3) is 10.0 Å². The van der Waals surface area contributed by atoms with E-state index >= 15 is 0 Å². The number of sulfonamides is 1. The topological polar surface area (TPSA) is 96.6 Å². The Morgan fingerprint density at radius 3 is 2.55 bits per heavy atom. The normalized spacial score (nSPS) is 11.2. The van der Waals surface area contributed by atoms with E-state index in [1.54, 1.807) is 12.1 Å². The first kappa shape index (κ1) is 14.1. The van der Waals surface area contributed by atoms with Crippen molar-refractivity contribution in [3.8, 4) is 0 Å². The summed E-state index contributed by atoms with van der Waals surface area (Å²) >= 11 is 0. The fourth-order valence-corrected chi connectivity index (χ4v) is 2.74. The first-order chi connectivity index (χ1) is 9.44. The van der Waals surface area contributed by atoms with Crippen LogP contribution in [0.4, 0.5) is 5.69 Å². The van der Waals surface area contributed by atoms with E-state index in [4.69, 9.17) is 9.52 Å². The highest BCUT2D eigenvalue weighted by molar-refractivity contribution is 7.92. The van der Waals surface area contributed by atoms with Gasteiger partial charge >= 0.3 is 5.97 Å². The average Bonchev–Trinajstić information content (AvgIpc) is 2.89. The largest absolute Gasteiger partial charge is 0.475 e. The number of aromatic carboxylic acids is 1. The zero-order valence-electron chi connectivity index (χ0n) is 10.7. The summed E-state index contributed by atoms with van der Waals surface area (Å²) in [6, 6.07) is 9.18. The summed E-state index contributed by atoms with van der Waals surface area (Å²) in [5.41, 5.74) is 1.28. The van der Waals surface area contributed by atoms with E-state index in [1.807, 2.05) is 19.1 Å². The van der Waals surface area contributed by atoms with Crippen molar-refractivity contribution in [3.63, 3.8) is 0 Å². The first-order valence-electron chi connectivity index (χ1n) is 5.88. The van der Waals surface area contributed by atoms with E-state index in [0.29, 0.717) is 12.1 Å². The third-order valence-electron chi connectivity index (χ3n) is 2.70. The van der Waals surface area contributed by atoms with Crippen LogP contribution >= 0.6 is 0 Å². The van der Waals surface area contributed by atoms with Gasteiger partial charge in [0.2, 0.25) is 10.9 Å². The third-order valence-corrected chi connectivity index (χ3v) is 3.94. The Kier molecular flexibility index (Phi) is 3.80. The van der Waals surface area contributed by atoms with Crippen molar-refractivity contribution < 1.29 is 22.7 Å². The molecule has 7 heteroatoms. The molecule has 0 aliphatic rings. The van der Waals surface area contributed by atoms with E-state index < -0.39 is 26.8 Å². The van der Waals surface area contributed by atoms with E-state index in [9.17, 15) is 13.2 Å². The lowest BCUT2D eigenvalue weighted by molar-refractivity contribution is 0.0656. The molecular weight excluding hydrogens is 282 g/mol. The van der Waals surface area contributed by atoms with Gasteiger partial charge in [-0.3, -0.25) is 4.72 Å². The van der Waals surface area contributed by atoms with Crippen molar-refractivity contribution in [2.45, 2.75) is 18.4 Å². The second-order valence-corrected chi connectivity index (χ2v) is 5.65. The number of carbonyl (C=O) groups is 1. The minimum atomic E-state index is -3.94. The van der Waals surface area contributed by atoms with Crippen molar-refractivity contribution in [2.75, 3.05) is 4.72 Å². The third kappa shape index (κ3) is 2.83. The summed E-state index contributed by atoms with van der Waals surface area (Å²) in [6.45, 7) is 1.91. The number of carboxylic acid groups (broad SMARTS) is 1. The van der Waals surface area contributed by atoms with Crippen molar-refractivity contribution in [1.82, 2.24) is 0 Å². The lowest BCUT2D eigenvalue weighted by Crippen LogP contribution is -2.13. The SMILES string of the molecule is CCc1ccccc1NS(=O)(=O)c1ccc(C(=O)O)o1. The maximum atomic E-state index is 12.1. The summed E-state index contributed by atoms with van der Waals surface area (Å²) < 4.78 is 31.4. The first-order valence-corrected chi connectivity index (χ1v) is 7.36. The lowest BCUT2D eigenvalue weighted by atomic mass is 10.1. The number of rotatable bonds is 5. The number of benzene rings is 1. The van der Waals surface area contributed by atoms with Crippen LogP contribution in [0.3, 0.4) is 0 Å². The zero-order valence-corrected chi connectivity index (χ0v) is 11.5. The molecule has 106 valence electrons. The van der Waals surface area contributed by atoms with E-state index in [1.165, 1.54) is 0 Å². The van der Waals surface area contributed by atoms with Crippen LogP contribution in [0.15, 0.2) is 45.9 Å². The van der Waals surface area contributed by atoms with Crippen molar-refractivity contribution in [1.29, 1.82) is 0 Å². The van der Waals surface area contributed by atoms with Gasteiger partial charge in [0.1, 0.15) is 0 Å².